The second kappa shape index (κ2) is 14.0. The molecule has 1 saturated heterocycles. The monoisotopic (exact) mass is 581 g/mol. The number of carbonyl (C=O) groups is 4. The van der Waals surface area contributed by atoms with Crippen LogP contribution in [0.2, 0.25) is 5.02 Å². The van der Waals surface area contributed by atoms with E-state index >= 15 is 0 Å². The van der Waals surface area contributed by atoms with Crippen LogP contribution in [0.25, 0.3) is 0 Å². The molecule has 0 unspecified atom stereocenters. The van der Waals surface area contributed by atoms with Gasteiger partial charge in [0.25, 0.3) is 0 Å². The van der Waals surface area contributed by atoms with Crippen LogP contribution in [0.4, 0.5) is 5.69 Å². The number of anilines is 1. The highest BCUT2D eigenvalue weighted by Gasteiger charge is 2.36. The maximum atomic E-state index is 13.7. The summed E-state index contributed by atoms with van der Waals surface area (Å²) in [5.41, 5.74) is 9.10. The van der Waals surface area contributed by atoms with Crippen molar-refractivity contribution in [1.82, 2.24) is 15.1 Å². The molecule has 220 valence electrons. The van der Waals surface area contributed by atoms with Gasteiger partial charge in [-0.05, 0) is 67.1 Å². The minimum atomic E-state index is -0.888. The van der Waals surface area contributed by atoms with Gasteiger partial charge in [0.15, 0.2) is 0 Å². The third-order valence-corrected chi connectivity index (χ3v) is 8.58. The molecular weight excluding hydrogens is 542 g/mol. The van der Waals surface area contributed by atoms with E-state index in [0.717, 1.165) is 42.6 Å². The van der Waals surface area contributed by atoms with E-state index in [1.165, 1.54) is 0 Å². The lowest BCUT2D eigenvalue weighted by molar-refractivity contribution is -0.144. The van der Waals surface area contributed by atoms with Crippen LogP contribution in [0.3, 0.4) is 0 Å². The minimum Gasteiger partial charge on any atom is -0.342 e. The second-order valence-electron chi connectivity index (χ2n) is 11.0. The molecule has 2 aliphatic heterocycles. The van der Waals surface area contributed by atoms with E-state index in [1.807, 2.05) is 36.1 Å². The number of hydrogen-bond donors (Lipinski definition) is 3. The van der Waals surface area contributed by atoms with Crippen LogP contribution in [0.15, 0.2) is 42.5 Å². The number of rotatable bonds is 10. The Hall–Kier alpha value is -3.43. The number of halogens is 1. The normalized spacial score (nSPS) is 18.9. The third-order valence-electron chi connectivity index (χ3n) is 8.15. The number of hydrogen-bond acceptors (Lipinski definition) is 5. The molecule has 2 aliphatic rings. The molecule has 2 aromatic carbocycles. The highest BCUT2D eigenvalue weighted by atomic mass is 35.5. The molecule has 0 bridgehead atoms. The zero-order valence-electron chi connectivity index (χ0n) is 23.8. The number of benzene rings is 2. The standard InChI is InChI=1S/C31H40ClN5O4/c1-3-21-13-15-36(18-21)28(38)10-11-29(39)37-19-23-7-5-4-6-22(23)17-27(37)31(41)35-26(12-14-33)30(40)34-24-8-9-25(32)20(2)16-24/h4-9,16,21,26-27H,3,10-15,17-19,33H2,1-2H3,(H,34,40)(H,35,41)/t21-,26-,27-/m0/s1. The van der Waals surface area contributed by atoms with Gasteiger partial charge in [-0.3, -0.25) is 19.2 Å². The topological polar surface area (TPSA) is 125 Å². The SMILES string of the molecule is CC[C@H]1CCN(C(=O)CCC(=O)N2Cc3ccccc3C[C@H]2C(=O)N[C@@H](CCN)C(=O)Nc2ccc(Cl)c(C)c2)C1. The molecule has 9 nitrogen and oxygen atoms in total. The Morgan fingerprint density at radius 2 is 1.80 bits per heavy atom. The molecular formula is C31H40ClN5O4. The Morgan fingerprint density at radius 3 is 2.49 bits per heavy atom. The molecule has 3 atom stereocenters. The maximum Gasteiger partial charge on any atom is 0.246 e. The average Bonchev–Trinajstić information content (AvgIpc) is 3.46. The van der Waals surface area contributed by atoms with Crippen molar-refractivity contribution in [2.24, 2.45) is 11.7 Å². The lowest BCUT2D eigenvalue weighted by atomic mass is 9.92. The lowest BCUT2D eigenvalue weighted by Gasteiger charge is -2.37. The van der Waals surface area contributed by atoms with Crippen LogP contribution >= 0.6 is 11.6 Å². The van der Waals surface area contributed by atoms with Gasteiger partial charge in [0.1, 0.15) is 12.1 Å². The summed E-state index contributed by atoms with van der Waals surface area (Å²) in [5.74, 6) is -0.587. The molecule has 2 heterocycles. The summed E-state index contributed by atoms with van der Waals surface area (Å²) in [4.78, 5) is 56.5. The quantitative estimate of drug-likeness (QED) is 0.396. The summed E-state index contributed by atoms with van der Waals surface area (Å²) >= 11 is 6.10. The van der Waals surface area contributed by atoms with Gasteiger partial charge in [0.05, 0.1) is 0 Å². The predicted molar refractivity (Wildman–Crippen MR) is 159 cm³/mol. The van der Waals surface area contributed by atoms with Crippen molar-refractivity contribution in [1.29, 1.82) is 0 Å². The van der Waals surface area contributed by atoms with Crippen molar-refractivity contribution < 1.29 is 19.2 Å². The number of aryl methyl sites for hydroxylation is 1. The van der Waals surface area contributed by atoms with Crippen LogP contribution in [-0.2, 0) is 32.1 Å². The van der Waals surface area contributed by atoms with E-state index in [2.05, 4.69) is 17.6 Å². The van der Waals surface area contributed by atoms with Gasteiger partial charge in [0, 0.05) is 49.6 Å². The van der Waals surface area contributed by atoms with Crippen LogP contribution in [-0.4, -0.2) is 65.1 Å². The molecule has 1 fully saturated rings. The summed E-state index contributed by atoms with van der Waals surface area (Å²) in [5, 5.41) is 6.26. The Balaban J connectivity index is 1.45. The van der Waals surface area contributed by atoms with Crippen molar-refractivity contribution in [3.8, 4) is 0 Å². The summed E-state index contributed by atoms with van der Waals surface area (Å²) < 4.78 is 0. The minimum absolute atomic E-state index is 0.0233. The van der Waals surface area contributed by atoms with Crippen molar-refractivity contribution in [3.63, 3.8) is 0 Å². The number of fused-ring (bicyclic) bond motifs is 1. The largest absolute Gasteiger partial charge is 0.342 e. The Bertz CT molecular complexity index is 1280. The molecule has 41 heavy (non-hydrogen) atoms. The van der Waals surface area contributed by atoms with E-state index in [9.17, 15) is 19.2 Å². The number of nitrogens with zero attached hydrogens (tertiary/aromatic N) is 2. The predicted octanol–water partition coefficient (Wildman–Crippen LogP) is 3.41. The number of nitrogens with one attached hydrogen (secondary N) is 2. The number of nitrogens with two attached hydrogens (primary N) is 1. The van der Waals surface area contributed by atoms with Gasteiger partial charge in [-0.15, -0.1) is 0 Å². The first-order chi connectivity index (χ1) is 19.7. The van der Waals surface area contributed by atoms with Crippen LogP contribution in [0.1, 0.15) is 55.7 Å². The smallest absolute Gasteiger partial charge is 0.246 e. The fraction of sp³-hybridized carbons (Fsp3) is 0.484. The van der Waals surface area contributed by atoms with Gasteiger partial charge in [-0.25, -0.2) is 0 Å². The van der Waals surface area contributed by atoms with Crippen LogP contribution < -0.4 is 16.4 Å². The summed E-state index contributed by atoms with van der Waals surface area (Å²) in [6.07, 6.45) is 2.72. The fourth-order valence-corrected chi connectivity index (χ4v) is 5.70. The van der Waals surface area contributed by atoms with Gasteiger partial charge < -0.3 is 26.2 Å². The van der Waals surface area contributed by atoms with Gasteiger partial charge >= 0.3 is 0 Å². The molecule has 10 heteroatoms. The van der Waals surface area contributed by atoms with E-state index in [1.54, 1.807) is 23.1 Å². The molecule has 0 aromatic heterocycles. The van der Waals surface area contributed by atoms with Crippen molar-refractivity contribution in [2.45, 2.75) is 71.0 Å². The fourth-order valence-electron chi connectivity index (χ4n) is 5.58. The molecule has 2 aromatic rings. The first-order valence-electron chi connectivity index (χ1n) is 14.4. The summed E-state index contributed by atoms with van der Waals surface area (Å²) in [6.45, 7) is 5.89. The number of amides is 4. The average molecular weight is 582 g/mol. The van der Waals surface area contributed by atoms with E-state index in [4.69, 9.17) is 17.3 Å². The molecule has 0 aliphatic carbocycles. The molecule has 4 amide bonds. The zero-order chi connectivity index (χ0) is 29.5. The van der Waals surface area contributed by atoms with Gasteiger partial charge in [0.2, 0.25) is 23.6 Å². The van der Waals surface area contributed by atoms with E-state index in [0.29, 0.717) is 23.0 Å². The first kappa shape index (κ1) is 30.5. The number of likely N-dealkylation sites (tertiary alicyclic amines) is 1. The zero-order valence-corrected chi connectivity index (χ0v) is 24.6. The summed E-state index contributed by atoms with van der Waals surface area (Å²) in [7, 11) is 0. The molecule has 0 saturated carbocycles. The Labute approximate surface area is 246 Å². The Kier molecular flexibility index (Phi) is 10.4. The molecule has 4 rings (SSSR count). The highest BCUT2D eigenvalue weighted by molar-refractivity contribution is 6.31. The van der Waals surface area contributed by atoms with Crippen molar-refractivity contribution in [2.75, 3.05) is 25.0 Å². The van der Waals surface area contributed by atoms with Gasteiger partial charge in [-0.2, -0.15) is 0 Å². The van der Waals surface area contributed by atoms with Crippen LogP contribution in [0, 0.1) is 12.8 Å². The maximum absolute atomic E-state index is 13.7. The van der Waals surface area contributed by atoms with E-state index < -0.39 is 23.9 Å². The van der Waals surface area contributed by atoms with Gasteiger partial charge in [-0.1, -0.05) is 49.2 Å². The van der Waals surface area contributed by atoms with Crippen molar-refractivity contribution >= 4 is 40.9 Å². The van der Waals surface area contributed by atoms with Crippen molar-refractivity contribution in [3.05, 3.63) is 64.2 Å². The number of carbonyl (C=O) groups excluding carboxylic acids is 4. The third kappa shape index (κ3) is 7.65. The Morgan fingerprint density at radius 1 is 1.07 bits per heavy atom. The van der Waals surface area contributed by atoms with E-state index in [-0.39, 0.29) is 44.2 Å². The molecule has 0 radical (unpaired) electrons. The van der Waals surface area contributed by atoms with Crippen LogP contribution in [0.5, 0.6) is 0 Å². The second-order valence-corrected chi connectivity index (χ2v) is 11.4. The molecule has 4 N–H and O–H groups in total. The molecule has 0 spiro atoms. The first-order valence-corrected chi connectivity index (χ1v) is 14.8. The lowest BCUT2D eigenvalue weighted by Crippen LogP contribution is -2.56. The highest BCUT2D eigenvalue weighted by Crippen LogP contribution is 2.26. The summed E-state index contributed by atoms with van der Waals surface area (Å²) in [6, 6.07) is 11.2.